The lowest BCUT2D eigenvalue weighted by Gasteiger charge is -2.10. The Labute approximate surface area is 86.9 Å². The largest absolute Gasteiger partial charge is 0.492 e. The third-order valence-electron chi connectivity index (χ3n) is 1.93. The SMILES string of the molecule is CCOc1c(C(C)=O)ccc(F)c1C=O. The van der Waals surface area contributed by atoms with Crippen molar-refractivity contribution in [3.05, 3.63) is 29.1 Å². The molecule has 0 heterocycles. The Morgan fingerprint density at radius 3 is 2.67 bits per heavy atom. The van der Waals surface area contributed by atoms with E-state index in [0.29, 0.717) is 6.29 Å². The highest BCUT2D eigenvalue weighted by Gasteiger charge is 2.16. The summed E-state index contributed by atoms with van der Waals surface area (Å²) < 4.78 is 18.3. The van der Waals surface area contributed by atoms with Gasteiger partial charge >= 0.3 is 0 Å². The van der Waals surface area contributed by atoms with Crippen LogP contribution in [0.5, 0.6) is 5.75 Å². The van der Waals surface area contributed by atoms with E-state index in [1.54, 1.807) is 6.92 Å². The van der Waals surface area contributed by atoms with E-state index < -0.39 is 5.82 Å². The van der Waals surface area contributed by atoms with Gasteiger partial charge in [0.2, 0.25) is 0 Å². The topological polar surface area (TPSA) is 43.4 Å². The van der Waals surface area contributed by atoms with Crippen LogP contribution in [0.4, 0.5) is 4.39 Å². The molecule has 4 heteroatoms. The Morgan fingerprint density at radius 2 is 2.20 bits per heavy atom. The maximum atomic E-state index is 13.2. The minimum Gasteiger partial charge on any atom is -0.492 e. The van der Waals surface area contributed by atoms with E-state index in [4.69, 9.17) is 4.74 Å². The second-order valence-corrected chi connectivity index (χ2v) is 2.94. The second kappa shape index (κ2) is 4.68. The minimum atomic E-state index is -0.682. The third-order valence-corrected chi connectivity index (χ3v) is 1.93. The van der Waals surface area contributed by atoms with Crippen molar-refractivity contribution in [1.82, 2.24) is 0 Å². The zero-order valence-corrected chi connectivity index (χ0v) is 8.54. The molecule has 0 aliphatic rings. The molecule has 0 aliphatic heterocycles. The number of halogens is 1. The van der Waals surface area contributed by atoms with Gasteiger partial charge in [0.15, 0.2) is 12.1 Å². The first kappa shape index (κ1) is 11.4. The van der Waals surface area contributed by atoms with Crippen LogP contribution in [0.2, 0.25) is 0 Å². The molecule has 0 amide bonds. The average molecular weight is 210 g/mol. The number of rotatable bonds is 4. The normalized spacial score (nSPS) is 9.80. The Hall–Kier alpha value is -1.71. The van der Waals surface area contributed by atoms with Gasteiger partial charge < -0.3 is 4.74 Å². The Balaban J connectivity index is 3.41. The van der Waals surface area contributed by atoms with E-state index >= 15 is 0 Å². The van der Waals surface area contributed by atoms with Gasteiger partial charge in [0.1, 0.15) is 11.6 Å². The van der Waals surface area contributed by atoms with E-state index in [0.717, 1.165) is 6.07 Å². The van der Waals surface area contributed by atoms with Gasteiger partial charge in [-0.05, 0) is 26.0 Å². The number of hydrogen-bond donors (Lipinski definition) is 0. The number of ether oxygens (including phenoxy) is 1. The van der Waals surface area contributed by atoms with Crippen molar-refractivity contribution in [3.63, 3.8) is 0 Å². The van der Waals surface area contributed by atoms with Gasteiger partial charge in [0, 0.05) is 0 Å². The van der Waals surface area contributed by atoms with Crippen LogP contribution in [-0.4, -0.2) is 18.7 Å². The van der Waals surface area contributed by atoms with Gasteiger partial charge in [-0.1, -0.05) is 0 Å². The van der Waals surface area contributed by atoms with Crippen molar-refractivity contribution in [2.75, 3.05) is 6.61 Å². The molecule has 1 aromatic rings. The zero-order valence-electron chi connectivity index (χ0n) is 8.54. The molecule has 0 radical (unpaired) electrons. The molecule has 80 valence electrons. The number of ketones is 1. The number of Topliss-reactive ketones (excluding diaryl/α,β-unsaturated/α-hetero) is 1. The van der Waals surface area contributed by atoms with Gasteiger partial charge in [0.05, 0.1) is 17.7 Å². The van der Waals surface area contributed by atoms with Gasteiger partial charge in [0.25, 0.3) is 0 Å². The number of carbonyl (C=O) groups excluding carboxylic acids is 2. The van der Waals surface area contributed by atoms with Gasteiger partial charge in [-0.3, -0.25) is 9.59 Å². The molecule has 0 N–H and O–H groups in total. The molecular weight excluding hydrogens is 199 g/mol. The first-order valence-corrected chi connectivity index (χ1v) is 4.53. The minimum absolute atomic E-state index is 0.0278. The molecule has 0 saturated carbocycles. The summed E-state index contributed by atoms with van der Waals surface area (Å²) in [7, 11) is 0. The number of hydrogen-bond acceptors (Lipinski definition) is 3. The van der Waals surface area contributed by atoms with Crippen molar-refractivity contribution in [1.29, 1.82) is 0 Å². The lowest BCUT2D eigenvalue weighted by Crippen LogP contribution is -2.05. The smallest absolute Gasteiger partial charge is 0.163 e. The summed E-state index contributed by atoms with van der Waals surface area (Å²) >= 11 is 0. The van der Waals surface area contributed by atoms with E-state index in [2.05, 4.69) is 0 Å². The van der Waals surface area contributed by atoms with Crippen molar-refractivity contribution in [3.8, 4) is 5.75 Å². The molecule has 0 atom stereocenters. The fourth-order valence-electron chi connectivity index (χ4n) is 1.26. The maximum absolute atomic E-state index is 13.2. The van der Waals surface area contributed by atoms with Crippen molar-refractivity contribution in [2.24, 2.45) is 0 Å². The highest BCUT2D eigenvalue weighted by molar-refractivity contribution is 5.99. The highest BCUT2D eigenvalue weighted by Crippen LogP contribution is 2.25. The molecule has 3 nitrogen and oxygen atoms in total. The summed E-state index contributed by atoms with van der Waals surface area (Å²) in [5, 5.41) is 0. The Morgan fingerprint density at radius 1 is 1.53 bits per heavy atom. The van der Waals surface area contributed by atoms with Crippen molar-refractivity contribution < 1.29 is 18.7 Å². The third kappa shape index (κ3) is 2.21. The molecule has 0 spiro atoms. The molecule has 0 fully saturated rings. The monoisotopic (exact) mass is 210 g/mol. The standard InChI is InChI=1S/C11H11FO3/c1-3-15-11-8(7(2)14)4-5-10(12)9(11)6-13/h4-6H,3H2,1-2H3. The van der Waals surface area contributed by atoms with Gasteiger partial charge in [-0.2, -0.15) is 0 Å². The molecule has 0 unspecified atom stereocenters. The summed E-state index contributed by atoms with van der Waals surface area (Å²) in [6.07, 6.45) is 0.354. The van der Waals surface area contributed by atoms with Crippen LogP contribution in [0.3, 0.4) is 0 Å². The molecular formula is C11H11FO3. The van der Waals surface area contributed by atoms with E-state index in [-0.39, 0.29) is 29.3 Å². The predicted molar refractivity (Wildman–Crippen MR) is 53.0 cm³/mol. The number of aldehydes is 1. The molecule has 1 aromatic carbocycles. The van der Waals surface area contributed by atoms with Crippen LogP contribution in [0.25, 0.3) is 0 Å². The molecule has 0 bridgehead atoms. The first-order valence-electron chi connectivity index (χ1n) is 4.53. The summed E-state index contributed by atoms with van der Waals surface area (Å²) in [4.78, 5) is 21.9. The van der Waals surface area contributed by atoms with Crippen molar-refractivity contribution in [2.45, 2.75) is 13.8 Å². The van der Waals surface area contributed by atoms with Crippen LogP contribution in [0, 0.1) is 5.82 Å². The lowest BCUT2D eigenvalue weighted by atomic mass is 10.1. The summed E-state index contributed by atoms with van der Waals surface area (Å²) in [5.41, 5.74) is 0.0184. The Bertz CT molecular complexity index is 399. The maximum Gasteiger partial charge on any atom is 0.163 e. The molecule has 1 rings (SSSR count). The fourth-order valence-corrected chi connectivity index (χ4v) is 1.26. The van der Waals surface area contributed by atoms with Crippen molar-refractivity contribution >= 4 is 12.1 Å². The molecule has 0 saturated heterocycles. The molecule has 15 heavy (non-hydrogen) atoms. The van der Waals surface area contributed by atoms with Gasteiger partial charge in [-0.15, -0.1) is 0 Å². The summed E-state index contributed by atoms with van der Waals surface area (Å²) in [6, 6.07) is 2.40. The van der Waals surface area contributed by atoms with E-state index in [9.17, 15) is 14.0 Å². The number of benzene rings is 1. The van der Waals surface area contributed by atoms with Crippen LogP contribution >= 0.6 is 0 Å². The highest BCUT2D eigenvalue weighted by atomic mass is 19.1. The van der Waals surface area contributed by atoms with Crippen LogP contribution in [0.15, 0.2) is 12.1 Å². The average Bonchev–Trinajstić information content (AvgIpc) is 2.18. The van der Waals surface area contributed by atoms with Crippen LogP contribution < -0.4 is 4.74 Å². The Kier molecular flexibility index (Phi) is 3.55. The predicted octanol–water partition coefficient (Wildman–Crippen LogP) is 2.24. The fraction of sp³-hybridized carbons (Fsp3) is 0.273. The quantitative estimate of drug-likeness (QED) is 0.565. The molecule has 0 aromatic heterocycles. The first-order chi connectivity index (χ1) is 7.11. The second-order valence-electron chi connectivity index (χ2n) is 2.94. The van der Waals surface area contributed by atoms with E-state index in [1.807, 2.05) is 0 Å². The van der Waals surface area contributed by atoms with Crippen LogP contribution in [0.1, 0.15) is 34.6 Å². The lowest BCUT2D eigenvalue weighted by molar-refractivity contribution is 0.101. The summed E-state index contributed by atoms with van der Waals surface area (Å²) in [6.45, 7) is 3.30. The van der Waals surface area contributed by atoms with Crippen LogP contribution in [-0.2, 0) is 0 Å². The van der Waals surface area contributed by atoms with Gasteiger partial charge in [-0.25, -0.2) is 4.39 Å². The zero-order chi connectivity index (χ0) is 11.4. The molecule has 0 aliphatic carbocycles. The number of carbonyl (C=O) groups is 2. The summed E-state index contributed by atoms with van der Waals surface area (Å²) in [5.74, 6) is -0.917. The van der Waals surface area contributed by atoms with E-state index in [1.165, 1.54) is 13.0 Å².